The van der Waals surface area contributed by atoms with Crippen LogP contribution in [0.15, 0.2) is 0 Å². The van der Waals surface area contributed by atoms with Gasteiger partial charge in [-0.3, -0.25) is 9.69 Å². The minimum absolute atomic E-state index is 0.118. The Morgan fingerprint density at radius 3 is 2.24 bits per heavy atom. The van der Waals surface area contributed by atoms with Crippen molar-refractivity contribution in [3.8, 4) is 0 Å². The maximum atomic E-state index is 11.0. The first-order chi connectivity index (χ1) is 7.74. The molecule has 0 aromatic rings. The molecular formula is C13H25NO3. The van der Waals surface area contributed by atoms with Crippen molar-refractivity contribution < 1.29 is 14.3 Å². The van der Waals surface area contributed by atoms with Gasteiger partial charge in [-0.2, -0.15) is 0 Å². The van der Waals surface area contributed by atoms with Crippen LogP contribution in [0.5, 0.6) is 0 Å². The summed E-state index contributed by atoms with van der Waals surface area (Å²) >= 11 is 0. The van der Waals surface area contributed by atoms with E-state index >= 15 is 0 Å². The quantitative estimate of drug-likeness (QED) is 0.706. The largest absolute Gasteiger partial charge is 0.469 e. The summed E-state index contributed by atoms with van der Waals surface area (Å²) in [6.45, 7) is 11.2. The SMILES string of the molecule is COC(=O)CCCN1CC(C)(C)OC(C)(C)C1. The van der Waals surface area contributed by atoms with Gasteiger partial charge in [0.15, 0.2) is 0 Å². The molecule has 0 aliphatic carbocycles. The van der Waals surface area contributed by atoms with Crippen molar-refractivity contribution in [2.75, 3.05) is 26.7 Å². The van der Waals surface area contributed by atoms with Crippen LogP contribution >= 0.6 is 0 Å². The lowest BCUT2D eigenvalue weighted by Crippen LogP contribution is -2.57. The molecule has 0 radical (unpaired) electrons. The van der Waals surface area contributed by atoms with Crippen molar-refractivity contribution in [2.45, 2.75) is 51.7 Å². The second kappa shape index (κ2) is 5.36. The molecule has 0 aromatic carbocycles. The number of esters is 1. The Hall–Kier alpha value is -0.610. The van der Waals surface area contributed by atoms with Gasteiger partial charge in [0.05, 0.1) is 18.3 Å². The van der Waals surface area contributed by atoms with Crippen LogP contribution in [0.4, 0.5) is 0 Å². The third-order valence-corrected chi connectivity index (χ3v) is 2.84. The zero-order valence-electron chi connectivity index (χ0n) is 11.7. The minimum Gasteiger partial charge on any atom is -0.469 e. The Balaban J connectivity index is 2.40. The number of morpholine rings is 1. The fourth-order valence-electron chi connectivity index (χ4n) is 2.65. The van der Waals surface area contributed by atoms with E-state index in [2.05, 4.69) is 37.3 Å². The molecule has 1 rings (SSSR count). The lowest BCUT2D eigenvalue weighted by molar-refractivity contribution is -0.180. The summed E-state index contributed by atoms with van der Waals surface area (Å²) in [5.74, 6) is -0.128. The van der Waals surface area contributed by atoms with E-state index < -0.39 is 0 Å². The first-order valence-corrected chi connectivity index (χ1v) is 6.23. The molecule has 0 aromatic heterocycles. The average Bonchev–Trinajstić information content (AvgIpc) is 2.12. The molecule has 0 amide bonds. The molecule has 1 saturated heterocycles. The third kappa shape index (κ3) is 5.04. The van der Waals surface area contributed by atoms with Crippen molar-refractivity contribution in [1.29, 1.82) is 0 Å². The number of rotatable bonds is 4. The van der Waals surface area contributed by atoms with E-state index in [9.17, 15) is 4.79 Å². The van der Waals surface area contributed by atoms with Gasteiger partial charge in [0.2, 0.25) is 0 Å². The lowest BCUT2D eigenvalue weighted by atomic mass is 9.99. The van der Waals surface area contributed by atoms with Gasteiger partial charge < -0.3 is 9.47 Å². The van der Waals surface area contributed by atoms with Crippen LogP contribution in [-0.4, -0.2) is 48.8 Å². The van der Waals surface area contributed by atoms with Crippen LogP contribution in [0.1, 0.15) is 40.5 Å². The Kier molecular flexibility index (Phi) is 4.55. The highest BCUT2D eigenvalue weighted by Crippen LogP contribution is 2.28. The van der Waals surface area contributed by atoms with Crippen LogP contribution in [0.25, 0.3) is 0 Å². The number of nitrogens with zero attached hydrogens (tertiary/aromatic N) is 1. The number of carbonyl (C=O) groups excluding carboxylic acids is 1. The first kappa shape index (κ1) is 14.5. The molecule has 0 N–H and O–H groups in total. The molecule has 0 bridgehead atoms. The second-order valence-electron chi connectivity index (χ2n) is 6.01. The normalized spacial score (nSPS) is 23.4. The fraction of sp³-hybridized carbons (Fsp3) is 0.923. The summed E-state index contributed by atoms with van der Waals surface area (Å²) in [5.41, 5.74) is -0.236. The van der Waals surface area contributed by atoms with Crippen LogP contribution in [0, 0.1) is 0 Å². The van der Waals surface area contributed by atoms with Crippen molar-refractivity contribution in [2.24, 2.45) is 0 Å². The van der Waals surface area contributed by atoms with Gasteiger partial charge in [0, 0.05) is 19.5 Å². The van der Waals surface area contributed by atoms with Gasteiger partial charge in [0.25, 0.3) is 0 Å². The Labute approximate surface area is 104 Å². The molecule has 4 heteroatoms. The number of carbonyl (C=O) groups is 1. The van der Waals surface area contributed by atoms with Gasteiger partial charge in [-0.15, -0.1) is 0 Å². The molecule has 1 aliphatic heterocycles. The standard InChI is InChI=1S/C13H25NO3/c1-12(2)9-14(10-13(3,4)17-12)8-6-7-11(15)16-5/h6-10H2,1-5H3. The van der Waals surface area contributed by atoms with Crippen LogP contribution in [-0.2, 0) is 14.3 Å². The first-order valence-electron chi connectivity index (χ1n) is 6.23. The van der Waals surface area contributed by atoms with Crippen molar-refractivity contribution in [1.82, 2.24) is 4.90 Å². The van der Waals surface area contributed by atoms with Gasteiger partial charge in [-0.25, -0.2) is 0 Å². The number of hydrogen-bond acceptors (Lipinski definition) is 4. The highest BCUT2D eigenvalue weighted by Gasteiger charge is 2.37. The van der Waals surface area contributed by atoms with Crippen molar-refractivity contribution in [3.05, 3.63) is 0 Å². The molecule has 4 nitrogen and oxygen atoms in total. The van der Waals surface area contributed by atoms with Gasteiger partial charge in [-0.1, -0.05) is 0 Å². The summed E-state index contributed by atoms with van der Waals surface area (Å²) < 4.78 is 10.6. The van der Waals surface area contributed by atoms with Crippen LogP contribution in [0.2, 0.25) is 0 Å². The summed E-state index contributed by atoms with van der Waals surface area (Å²) in [4.78, 5) is 13.4. The lowest BCUT2D eigenvalue weighted by Gasteiger charge is -2.47. The highest BCUT2D eigenvalue weighted by atomic mass is 16.5. The monoisotopic (exact) mass is 243 g/mol. The highest BCUT2D eigenvalue weighted by molar-refractivity contribution is 5.69. The Morgan fingerprint density at radius 1 is 1.24 bits per heavy atom. The molecule has 0 saturated carbocycles. The average molecular weight is 243 g/mol. The third-order valence-electron chi connectivity index (χ3n) is 2.84. The molecular weight excluding hydrogens is 218 g/mol. The Bertz CT molecular complexity index is 258. The zero-order chi connectivity index (χ0) is 13.1. The molecule has 1 fully saturated rings. The van der Waals surface area contributed by atoms with E-state index in [-0.39, 0.29) is 17.2 Å². The molecule has 100 valence electrons. The van der Waals surface area contributed by atoms with E-state index in [0.29, 0.717) is 6.42 Å². The van der Waals surface area contributed by atoms with E-state index in [1.54, 1.807) is 0 Å². The zero-order valence-corrected chi connectivity index (χ0v) is 11.7. The maximum Gasteiger partial charge on any atom is 0.305 e. The summed E-state index contributed by atoms with van der Waals surface area (Å²) in [7, 11) is 1.43. The summed E-state index contributed by atoms with van der Waals surface area (Å²) in [5, 5.41) is 0. The van der Waals surface area contributed by atoms with E-state index in [1.807, 2.05) is 0 Å². The predicted molar refractivity (Wildman–Crippen MR) is 66.9 cm³/mol. The molecule has 1 aliphatic rings. The predicted octanol–water partition coefficient (Wildman–Crippen LogP) is 1.83. The number of ether oxygens (including phenoxy) is 2. The molecule has 1 heterocycles. The maximum absolute atomic E-state index is 11.0. The van der Waals surface area contributed by atoms with Crippen LogP contribution in [0.3, 0.4) is 0 Å². The van der Waals surface area contributed by atoms with Gasteiger partial charge in [-0.05, 0) is 40.7 Å². The van der Waals surface area contributed by atoms with E-state index in [1.165, 1.54) is 7.11 Å². The summed E-state index contributed by atoms with van der Waals surface area (Å²) in [6, 6.07) is 0. The van der Waals surface area contributed by atoms with Crippen molar-refractivity contribution in [3.63, 3.8) is 0 Å². The van der Waals surface area contributed by atoms with Crippen molar-refractivity contribution >= 4 is 5.97 Å². The molecule has 0 unspecified atom stereocenters. The molecule has 0 atom stereocenters. The number of hydrogen-bond donors (Lipinski definition) is 0. The number of methoxy groups -OCH3 is 1. The van der Waals surface area contributed by atoms with Gasteiger partial charge in [0.1, 0.15) is 0 Å². The van der Waals surface area contributed by atoms with E-state index in [4.69, 9.17) is 4.74 Å². The topological polar surface area (TPSA) is 38.8 Å². The van der Waals surface area contributed by atoms with Gasteiger partial charge >= 0.3 is 5.97 Å². The summed E-state index contributed by atoms with van der Waals surface area (Å²) in [6.07, 6.45) is 1.34. The molecule has 0 spiro atoms. The van der Waals surface area contributed by atoms with E-state index in [0.717, 1.165) is 26.1 Å². The smallest absolute Gasteiger partial charge is 0.305 e. The minimum atomic E-state index is -0.128. The molecule has 17 heavy (non-hydrogen) atoms. The van der Waals surface area contributed by atoms with Crippen LogP contribution < -0.4 is 0 Å². The second-order valence-corrected chi connectivity index (χ2v) is 6.01. The fourth-order valence-corrected chi connectivity index (χ4v) is 2.65. The Morgan fingerprint density at radius 2 is 1.76 bits per heavy atom.